The van der Waals surface area contributed by atoms with E-state index in [1.807, 2.05) is 18.2 Å². The lowest BCUT2D eigenvalue weighted by Gasteiger charge is -2.37. The lowest BCUT2D eigenvalue weighted by atomic mass is 9.68. The number of para-hydroxylation sites is 1. The van der Waals surface area contributed by atoms with Crippen LogP contribution >= 0.6 is 0 Å². The van der Waals surface area contributed by atoms with Crippen molar-refractivity contribution >= 4 is 45.2 Å². The van der Waals surface area contributed by atoms with Gasteiger partial charge in [-0.3, -0.25) is 0 Å². The maximum atomic E-state index is 10.7. The maximum Gasteiger partial charge on any atom is 0.0992 e. The highest BCUT2D eigenvalue weighted by Crippen LogP contribution is 2.50. The summed E-state index contributed by atoms with van der Waals surface area (Å²) in [5, 5.41) is 33.5. The minimum atomic E-state index is -0.549. The molecule has 4 aliphatic rings. The average Bonchev–Trinajstić information content (AvgIpc) is 3.69. The van der Waals surface area contributed by atoms with E-state index in [4.69, 9.17) is 0 Å². The third-order valence-corrected chi connectivity index (χ3v) is 11.2. The van der Waals surface area contributed by atoms with Gasteiger partial charge in [0.15, 0.2) is 0 Å². The molecule has 9 rings (SSSR count). The molecule has 2 atom stereocenters. The lowest BCUT2D eigenvalue weighted by Crippen LogP contribution is -2.27. The number of rotatable bonds is 4. The van der Waals surface area contributed by atoms with Gasteiger partial charge in [0.1, 0.15) is 0 Å². The highest BCUT2D eigenvalue weighted by atomic mass is 15.0. The Bertz CT molecular complexity index is 2640. The van der Waals surface area contributed by atoms with Crippen molar-refractivity contribution in [3.63, 3.8) is 0 Å². The zero-order chi connectivity index (χ0) is 34.7. The Balaban J connectivity index is 1.24. The van der Waals surface area contributed by atoms with Gasteiger partial charge in [0.05, 0.1) is 46.3 Å². The highest BCUT2D eigenvalue weighted by molar-refractivity contribution is 5.94. The molecule has 3 aromatic carbocycles. The van der Waals surface area contributed by atoms with E-state index in [-0.39, 0.29) is 0 Å². The molecule has 0 N–H and O–H groups in total. The summed E-state index contributed by atoms with van der Waals surface area (Å²) in [6.45, 7) is 2.22. The molecule has 5 nitrogen and oxygen atoms in total. The third kappa shape index (κ3) is 4.72. The van der Waals surface area contributed by atoms with Gasteiger partial charge in [-0.2, -0.15) is 15.8 Å². The molecule has 0 saturated heterocycles. The molecule has 2 aromatic heterocycles. The molecule has 244 valence electrons. The Morgan fingerprint density at radius 3 is 2.27 bits per heavy atom. The summed E-state index contributed by atoms with van der Waals surface area (Å²) in [6, 6.07) is 30.7. The van der Waals surface area contributed by atoms with Crippen molar-refractivity contribution in [2.24, 2.45) is 11.3 Å². The van der Waals surface area contributed by atoms with Crippen LogP contribution in [0.25, 0.3) is 50.9 Å². The Kier molecular flexibility index (Phi) is 7.17. The number of hydrogen-bond donors (Lipinski definition) is 0. The SMILES string of the molecule is CC1(C2=C(n3c4c(c5ccccc53)CCC=C4)C(C#N)CC=C2C#N)C=C(c2cccc(-n3c4c(c5ccc(C#N)cc53)CCC=C4)c2)C=CC1. The molecule has 5 aromatic rings. The second-order valence-electron chi connectivity index (χ2n) is 14.2. The summed E-state index contributed by atoms with van der Waals surface area (Å²) in [5.74, 6) is -0.394. The Hall–Kier alpha value is -6.35. The van der Waals surface area contributed by atoms with Crippen molar-refractivity contribution in [2.45, 2.75) is 45.4 Å². The first kappa shape index (κ1) is 30.7. The van der Waals surface area contributed by atoms with Crippen LogP contribution in [0.1, 0.15) is 66.2 Å². The number of aromatic nitrogens is 2. The quantitative estimate of drug-likeness (QED) is 0.193. The summed E-state index contributed by atoms with van der Waals surface area (Å²) in [7, 11) is 0. The molecule has 51 heavy (non-hydrogen) atoms. The number of nitriles is 3. The van der Waals surface area contributed by atoms with Crippen molar-refractivity contribution in [1.29, 1.82) is 15.8 Å². The lowest BCUT2D eigenvalue weighted by molar-refractivity contribution is 0.518. The Morgan fingerprint density at radius 2 is 1.51 bits per heavy atom. The largest absolute Gasteiger partial charge is 0.312 e. The van der Waals surface area contributed by atoms with Crippen LogP contribution in [0.5, 0.6) is 0 Å². The molecule has 2 unspecified atom stereocenters. The van der Waals surface area contributed by atoms with Crippen LogP contribution in [-0.2, 0) is 12.8 Å². The fraction of sp³-hybridized carbons (Fsp3) is 0.196. The summed E-state index contributed by atoms with van der Waals surface area (Å²) < 4.78 is 4.59. The zero-order valence-corrected chi connectivity index (χ0v) is 28.5. The third-order valence-electron chi connectivity index (χ3n) is 11.2. The average molecular weight is 658 g/mol. The van der Waals surface area contributed by atoms with E-state index in [1.165, 1.54) is 27.6 Å². The second-order valence-corrected chi connectivity index (χ2v) is 14.2. The van der Waals surface area contributed by atoms with Crippen molar-refractivity contribution in [2.75, 3.05) is 0 Å². The Labute approximate surface area is 298 Å². The smallest absolute Gasteiger partial charge is 0.0992 e. The van der Waals surface area contributed by atoms with Crippen LogP contribution in [0.3, 0.4) is 0 Å². The van der Waals surface area contributed by atoms with Crippen LogP contribution < -0.4 is 0 Å². The summed E-state index contributed by atoms with van der Waals surface area (Å²) in [5.41, 5.74) is 12.8. The summed E-state index contributed by atoms with van der Waals surface area (Å²) in [4.78, 5) is 0. The Morgan fingerprint density at radius 1 is 0.745 bits per heavy atom. The molecule has 5 heteroatoms. The molecule has 0 bridgehead atoms. The van der Waals surface area contributed by atoms with E-state index in [1.54, 1.807) is 0 Å². The zero-order valence-electron chi connectivity index (χ0n) is 28.5. The van der Waals surface area contributed by atoms with Crippen molar-refractivity contribution in [3.05, 3.63) is 148 Å². The van der Waals surface area contributed by atoms with Crippen LogP contribution in [0.4, 0.5) is 0 Å². The van der Waals surface area contributed by atoms with Gasteiger partial charge < -0.3 is 9.13 Å². The monoisotopic (exact) mass is 657 g/mol. The van der Waals surface area contributed by atoms with Crippen LogP contribution in [0.2, 0.25) is 0 Å². The summed E-state index contributed by atoms with van der Waals surface area (Å²) >= 11 is 0. The molecule has 0 fully saturated rings. The molecule has 0 spiro atoms. The molecule has 0 amide bonds. The number of aryl methyl sites for hydroxylation is 2. The normalized spacial score (nSPS) is 20.7. The van der Waals surface area contributed by atoms with Gasteiger partial charge in [0.25, 0.3) is 0 Å². The minimum absolute atomic E-state index is 0.394. The summed E-state index contributed by atoms with van der Waals surface area (Å²) in [6.07, 6.45) is 22.7. The number of benzene rings is 3. The maximum absolute atomic E-state index is 10.7. The van der Waals surface area contributed by atoms with E-state index in [0.717, 1.165) is 70.5 Å². The van der Waals surface area contributed by atoms with Crippen LogP contribution in [-0.4, -0.2) is 9.13 Å². The van der Waals surface area contributed by atoms with E-state index in [2.05, 4.69) is 131 Å². The van der Waals surface area contributed by atoms with E-state index in [0.29, 0.717) is 24.0 Å². The fourth-order valence-corrected chi connectivity index (χ4v) is 8.93. The van der Waals surface area contributed by atoms with Crippen LogP contribution in [0.15, 0.2) is 114 Å². The van der Waals surface area contributed by atoms with Gasteiger partial charge in [0.2, 0.25) is 0 Å². The number of fused-ring (bicyclic) bond motifs is 6. The number of allylic oxidation sites excluding steroid dienone is 10. The second kappa shape index (κ2) is 11.9. The van der Waals surface area contributed by atoms with Gasteiger partial charge in [-0.05, 0) is 103 Å². The minimum Gasteiger partial charge on any atom is -0.312 e. The highest BCUT2D eigenvalue weighted by Gasteiger charge is 2.39. The molecule has 0 saturated carbocycles. The van der Waals surface area contributed by atoms with Crippen molar-refractivity contribution < 1.29 is 0 Å². The predicted octanol–water partition coefficient (Wildman–Crippen LogP) is 10.6. The van der Waals surface area contributed by atoms with Crippen molar-refractivity contribution in [1.82, 2.24) is 9.13 Å². The van der Waals surface area contributed by atoms with Gasteiger partial charge in [0, 0.05) is 44.5 Å². The van der Waals surface area contributed by atoms with Gasteiger partial charge >= 0.3 is 0 Å². The first-order chi connectivity index (χ1) is 25.0. The van der Waals surface area contributed by atoms with Gasteiger partial charge in [-0.15, -0.1) is 0 Å². The standard InChI is InChI=1S/C46H35N5/c1-46(44-33(28-48)20-21-34(29-49)45(44)51-41-17-6-3-13-36(41)37-14-4-7-18-42(37)51)23-9-11-32(26-46)31-10-8-12-35(25-31)50-40-16-5-2-15-38(40)39-22-19-30(27-47)24-43(39)50/h3,5-13,16-20,22,24-26,34H,2,4,14-15,21,23H2,1H3. The van der Waals surface area contributed by atoms with E-state index in [9.17, 15) is 15.8 Å². The molecule has 0 radical (unpaired) electrons. The predicted molar refractivity (Wildman–Crippen MR) is 205 cm³/mol. The topological polar surface area (TPSA) is 81.2 Å². The van der Waals surface area contributed by atoms with E-state index < -0.39 is 11.3 Å². The fourth-order valence-electron chi connectivity index (χ4n) is 8.93. The molecule has 2 heterocycles. The van der Waals surface area contributed by atoms with Crippen molar-refractivity contribution in [3.8, 4) is 23.9 Å². The number of hydrogen-bond acceptors (Lipinski definition) is 3. The first-order valence-corrected chi connectivity index (χ1v) is 17.8. The first-order valence-electron chi connectivity index (χ1n) is 17.8. The molecule has 4 aliphatic carbocycles. The molecular weight excluding hydrogens is 623 g/mol. The van der Waals surface area contributed by atoms with E-state index >= 15 is 0 Å². The van der Waals surface area contributed by atoms with Crippen LogP contribution in [0, 0.1) is 45.3 Å². The van der Waals surface area contributed by atoms with Gasteiger partial charge in [-0.1, -0.05) is 79.8 Å². The molecular formula is C46H35N5. The number of nitrogens with zero attached hydrogens (tertiary/aromatic N) is 5. The molecule has 0 aliphatic heterocycles. The van der Waals surface area contributed by atoms with Gasteiger partial charge in [-0.25, -0.2) is 0 Å².